The molecule has 1 N–H and O–H groups in total. The van der Waals surface area contributed by atoms with Crippen molar-refractivity contribution in [1.29, 1.82) is 0 Å². The number of likely N-dealkylation sites (tertiary alicyclic amines) is 1. The third-order valence-electron chi connectivity index (χ3n) is 6.19. The minimum absolute atomic E-state index is 0.0113. The molecule has 1 saturated heterocycles. The average molecular weight is 428 g/mol. The van der Waals surface area contributed by atoms with E-state index >= 15 is 0 Å². The summed E-state index contributed by atoms with van der Waals surface area (Å²) in [6.45, 7) is 9.53. The van der Waals surface area contributed by atoms with Crippen molar-refractivity contribution in [2.75, 3.05) is 19.7 Å². The molecule has 1 aromatic rings. The number of fused-ring (bicyclic) bond motifs is 2. The van der Waals surface area contributed by atoms with Gasteiger partial charge in [0.25, 0.3) is 5.91 Å². The van der Waals surface area contributed by atoms with E-state index in [0.717, 1.165) is 43.5 Å². The molecule has 2 heterocycles. The lowest BCUT2D eigenvalue weighted by Crippen LogP contribution is -2.58. The van der Waals surface area contributed by atoms with Gasteiger partial charge in [-0.15, -0.1) is 0 Å². The van der Waals surface area contributed by atoms with Crippen LogP contribution in [0.3, 0.4) is 0 Å². The predicted octanol–water partition coefficient (Wildman–Crippen LogP) is 3.16. The van der Waals surface area contributed by atoms with E-state index in [9.17, 15) is 9.59 Å². The number of hydrogen-bond acceptors (Lipinski definition) is 4. The van der Waals surface area contributed by atoms with Crippen LogP contribution < -0.4 is 10.1 Å². The molecule has 2 aliphatic heterocycles. The molecule has 6 nitrogen and oxygen atoms in total. The molecular formula is C25H37N3O3. The molecule has 2 atom stereocenters. The fourth-order valence-corrected chi connectivity index (χ4v) is 4.88. The summed E-state index contributed by atoms with van der Waals surface area (Å²) < 4.78 is 5.81. The van der Waals surface area contributed by atoms with Gasteiger partial charge in [-0.3, -0.25) is 14.5 Å². The number of rotatable bonds is 4. The number of ether oxygens (including phenoxy) is 1. The lowest BCUT2D eigenvalue weighted by molar-refractivity contribution is -0.137. The number of amides is 2. The monoisotopic (exact) mass is 427 g/mol. The van der Waals surface area contributed by atoms with Gasteiger partial charge in [0.15, 0.2) is 6.61 Å². The second-order valence-corrected chi connectivity index (χ2v) is 9.15. The summed E-state index contributed by atoms with van der Waals surface area (Å²) in [4.78, 5) is 30.0. The summed E-state index contributed by atoms with van der Waals surface area (Å²) in [6, 6.07) is 8.32. The number of carbonyl (C=O) groups is 2. The van der Waals surface area contributed by atoms with E-state index in [1.807, 2.05) is 29.2 Å². The van der Waals surface area contributed by atoms with Crippen molar-refractivity contribution in [2.24, 2.45) is 0 Å². The minimum Gasteiger partial charge on any atom is -0.483 e. The van der Waals surface area contributed by atoms with Gasteiger partial charge in [-0.1, -0.05) is 30.4 Å². The Kier molecular flexibility index (Phi) is 8.13. The SMILES string of the molecule is CC(C)N(C(=O)CN1CCC[C@H]2NC(=O)COc3ccccc3C/C=C/C[C@H]21)C(C)C. The first-order chi connectivity index (χ1) is 14.9. The normalized spacial score (nSPS) is 23.6. The van der Waals surface area contributed by atoms with E-state index in [-0.39, 0.29) is 42.6 Å². The molecule has 0 radical (unpaired) electrons. The van der Waals surface area contributed by atoms with E-state index in [4.69, 9.17) is 4.74 Å². The van der Waals surface area contributed by atoms with Gasteiger partial charge < -0.3 is 15.0 Å². The Balaban J connectivity index is 1.78. The number of benzene rings is 1. The first kappa shape index (κ1) is 23.3. The number of piperidine rings is 1. The van der Waals surface area contributed by atoms with Gasteiger partial charge in [-0.25, -0.2) is 0 Å². The minimum atomic E-state index is -0.103. The maximum atomic E-state index is 13.1. The van der Waals surface area contributed by atoms with Crippen LogP contribution in [-0.2, 0) is 16.0 Å². The second-order valence-electron chi connectivity index (χ2n) is 9.15. The molecule has 0 saturated carbocycles. The van der Waals surface area contributed by atoms with E-state index in [2.05, 4.69) is 50.1 Å². The van der Waals surface area contributed by atoms with E-state index in [1.54, 1.807) is 0 Å². The molecular weight excluding hydrogens is 390 g/mol. The zero-order valence-electron chi connectivity index (χ0n) is 19.3. The molecule has 0 bridgehead atoms. The molecule has 1 fully saturated rings. The van der Waals surface area contributed by atoms with Crippen LogP contribution in [0, 0.1) is 0 Å². The van der Waals surface area contributed by atoms with E-state index < -0.39 is 0 Å². The van der Waals surface area contributed by atoms with E-state index in [1.165, 1.54) is 0 Å². The van der Waals surface area contributed by atoms with Crippen LogP contribution in [0.1, 0.15) is 52.5 Å². The van der Waals surface area contributed by atoms with Gasteiger partial charge >= 0.3 is 0 Å². The molecule has 0 aromatic heterocycles. The maximum Gasteiger partial charge on any atom is 0.258 e. The second kappa shape index (κ2) is 10.8. The number of hydrogen-bond donors (Lipinski definition) is 1. The van der Waals surface area contributed by atoms with Gasteiger partial charge in [0.1, 0.15) is 5.75 Å². The number of allylic oxidation sites excluding steroid dienone is 1. The Hall–Kier alpha value is -2.34. The van der Waals surface area contributed by atoms with Gasteiger partial charge in [-0.2, -0.15) is 0 Å². The third-order valence-corrected chi connectivity index (χ3v) is 6.19. The van der Waals surface area contributed by atoms with Gasteiger partial charge in [0.05, 0.1) is 6.54 Å². The fraction of sp³-hybridized carbons (Fsp3) is 0.600. The highest BCUT2D eigenvalue weighted by atomic mass is 16.5. The van der Waals surface area contributed by atoms with Crippen LogP contribution in [-0.4, -0.2) is 65.5 Å². The van der Waals surface area contributed by atoms with Gasteiger partial charge in [-0.05, 0) is 71.6 Å². The van der Waals surface area contributed by atoms with Crippen molar-refractivity contribution in [2.45, 2.75) is 77.5 Å². The first-order valence-electron chi connectivity index (χ1n) is 11.6. The van der Waals surface area contributed by atoms with Crippen LogP contribution in [0.4, 0.5) is 0 Å². The largest absolute Gasteiger partial charge is 0.483 e. The zero-order valence-corrected chi connectivity index (χ0v) is 19.3. The molecule has 170 valence electrons. The number of nitrogens with one attached hydrogen (secondary N) is 1. The van der Waals surface area contributed by atoms with Gasteiger partial charge in [0, 0.05) is 24.2 Å². The van der Waals surface area contributed by atoms with Crippen molar-refractivity contribution in [3.8, 4) is 5.75 Å². The third kappa shape index (κ3) is 6.10. The molecule has 2 amide bonds. The quantitative estimate of drug-likeness (QED) is 0.750. The van der Waals surface area contributed by atoms with Crippen molar-refractivity contribution in [3.05, 3.63) is 42.0 Å². The lowest BCUT2D eigenvalue weighted by Gasteiger charge is -2.42. The molecule has 0 spiro atoms. The highest BCUT2D eigenvalue weighted by Gasteiger charge is 2.34. The molecule has 0 unspecified atom stereocenters. The molecule has 0 aliphatic carbocycles. The summed E-state index contributed by atoms with van der Waals surface area (Å²) in [5.41, 5.74) is 1.07. The zero-order chi connectivity index (χ0) is 22.4. The fourth-order valence-electron chi connectivity index (χ4n) is 4.88. The lowest BCUT2D eigenvalue weighted by atomic mass is 9.92. The summed E-state index contributed by atoms with van der Waals surface area (Å²) in [6.07, 6.45) is 7.82. The molecule has 3 rings (SSSR count). The topological polar surface area (TPSA) is 61.9 Å². The van der Waals surface area contributed by atoms with Crippen LogP contribution in [0.5, 0.6) is 5.75 Å². The molecule has 6 heteroatoms. The summed E-state index contributed by atoms with van der Waals surface area (Å²) >= 11 is 0. The van der Waals surface area contributed by atoms with Gasteiger partial charge in [0.2, 0.25) is 5.91 Å². The van der Waals surface area contributed by atoms with Crippen molar-refractivity contribution < 1.29 is 14.3 Å². The Morgan fingerprint density at radius 1 is 1.19 bits per heavy atom. The van der Waals surface area contributed by atoms with Crippen LogP contribution in [0.15, 0.2) is 36.4 Å². The van der Waals surface area contributed by atoms with Crippen molar-refractivity contribution in [1.82, 2.24) is 15.1 Å². The Morgan fingerprint density at radius 2 is 1.94 bits per heavy atom. The van der Waals surface area contributed by atoms with Crippen LogP contribution in [0.25, 0.3) is 0 Å². The van der Waals surface area contributed by atoms with Crippen LogP contribution in [0.2, 0.25) is 0 Å². The molecule has 2 aliphatic rings. The summed E-state index contributed by atoms with van der Waals surface area (Å²) in [5, 5.41) is 3.18. The van der Waals surface area contributed by atoms with Crippen molar-refractivity contribution >= 4 is 11.8 Å². The maximum absolute atomic E-state index is 13.1. The number of carbonyl (C=O) groups excluding carboxylic acids is 2. The van der Waals surface area contributed by atoms with Crippen LogP contribution >= 0.6 is 0 Å². The Labute approximate surface area is 186 Å². The Bertz CT molecular complexity index is 782. The number of nitrogens with zero attached hydrogens (tertiary/aromatic N) is 2. The van der Waals surface area contributed by atoms with E-state index in [0.29, 0.717) is 6.54 Å². The Morgan fingerprint density at radius 3 is 2.68 bits per heavy atom. The molecule has 31 heavy (non-hydrogen) atoms. The average Bonchev–Trinajstić information content (AvgIpc) is 2.70. The summed E-state index contributed by atoms with van der Waals surface area (Å²) in [5.74, 6) is 0.815. The predicted molar refractivity (Wildman–Crippen MR) is 123 cm³/mol. The summed E-state index contributed by atoms with van der Waals surface area (Å²) in [7, 11) is 0. The standard InChI is InChI=1S/C25H37N3O3/c1-18(2)28(19(3)4)25(30)16-27-15-9-12-21-22(27)13-7-5-10-20-11-6-8-14-23(20)31-17-24(29)26-21/h5-8,11,14,18-19,21-22H,9-10,12-13,15-17H2,1-4H3,(H,26,29)/b7-5+/t21-,22-/m1/s1. The highest BCUT2D eigenvalue weighted by Crippen LogP contribution is 2.24. The number of para-hydroxylation sites is 1. The first-order valence-corrected chi connectivity index (χ1v) is 11.6. The highest BCUT2D eigenvalue weighted by molar-refractivity contribution is 5.79. The molecule has 1 aromatic carbocycles. The van der Waals surface area contributed by atoms with Crippen molar-refractivity contribution in [3.63, 3.8) is 0 Å². The smallest absolute Gasteiger partial charge is 0.258 e.